The molecule has 8 heteroatoms. The Morgan fingerprint density at radius 2 is 1.29 bits per heavy atom. The molecule has 0 bridgehead atoms. The first-order valence-corrected chi connectivity index (χ1v) is 14.1. The van der Waals surface area contributed by atoms with E-state index in [2.05, 4.69) is 31.9 Å². The molecule has 2 aliphatic carbocycles. The number of ketones is 1. The number of fused-ring (bicyclic) bond motifs is 1. The number of carbonyl (C=O) groups excluding carboxylic acids is 4. The number of halogens is 2. The van der Waals surface area contributed by atoms with E-state index in [0.717, 1.165) is 57.8 Å². The van der Waals surface area contributed by atoms with Crippen molar-refractivity contribution in [2.75, 3.05) is 0 Å². The molecular weight excluding hydrogens is 576 g/mol. The first kappa shape index (κ1) is 23.3. The van der Waals surface area contributed by atoms with Gasteiger partial charge in [0.25, 0.3) is 17.7 Å². The van der Waals surface area contributed by atoms with Gasteiger partial charge in [-0.15, -0.1) is 0 Å². The molecule has 0 N–H and O–H groups in total. The predicted molar refractivity (Wildman–Crippen MR) is 139 cm³/mol. The average Bonchev–Trinajstić information content (AvgIpc) is 3.57. The van der Waals surface area contributed by atoms with Gasteiger partial charge in [-0.25, -0.2) is 0 Å². The van der Waals surface area contributed by atoms with Crippen LogP contribution in [-0.4, -0.2) is 51.4 Å². The second-order valence-corrected chi connectivity index (χ2v) is 12.0. The molecule has 2 aliphatic heterocycles. The van der Waals surface area contributed by atoms with Crippen molar-refractivity contribution in [3.8, 4) is 0 Å². The normalized spacial score (nSPS) is 24.1. The van der Waals surface area contributed by atoms with E-state index in [1.807, 2.05) is 4.90 Å². The molecule has 35 heavy (non-hydrogen) atoms. The molecular formula is C27H26Br2N2O4. The van der Waals surface area contributed by atoms with Crippen molar-refractivity contribution in [1.29, 1.82) is 0 Å². The van der Waals surface area contributed by atoms with Gasteiger partial charge in [0, 0.05) is 42.5 Å². The van der Waals surface area contributed by atoms with Crippen molar-refractivity contribution in [3.63, 3.8) is 0 Å². The van der Waals surface area contributed by atoms with Gasteiger partial charge in [0.05, 0.1) is 17.6 Å². The molecule has 1 saturated heterocycles. The summed E-state index contributed by atoms with van der Waals surface area (Å²) in [5.41, 5.74) is 1.47. The van der Waals surface area contributed by atoms with Crippen LogP contribution in [0.2, 0.25) is 0 Å². The maximum Gasteiger partial charge on any atom is 0.261 e. The van der Waals surface area contributed by atoms with E-state index in [1.54, 1.807) is 12.1 Å². The van der Waals surface area contributed by atoms with Crippen molar-refractivity contribution >= 4 is 66.1 Å². The standard InChI is InChI=1S/C27H26Br2N2O4/c1-13(32)21-17(28)11-15-22-16(26(34)30(25(15)33)14-7-3-2-4-8-14)12-18(29)23(24(21)22)27(35)31-19-9-5-6-10-20(19)31/h11-12,14,19-20H,2-10H2,1H3. The van der Waals surface area contributed by atoms with Crippen LogP contribution in [-0.2, 0) is 0 Å². The van der Waals surface area contributed by atoms with Gasteiger partial charge in [-0.3, -0.25) is 24.1 Å². The lowest BCUT2D eigenvalue weighted by Crippen LogP contribution is -2.48. The van der Waals surface area contributed by atoms with Gasteiger partial charge in [0.2, 0.25) is 0 Å². The highest BCUT2D eigenvalue weighted by Crippen LogP contribution is 2.46. The number of amides is 3. The Hall–Kier alpha value is -2.06. The Labute approximate surface area is 220 Å². The number of benzene rings is 2. The minimum Gasteiger partial charge on any atom is -0.328 e. The van der Waals surface area contributed by atoms with Gasteiger partial charge in [-0.05, 0) is 76.6 Å². The van der Waals surface area contributed by atoms with Crippen LogP contribution in [0.25, 0.3) is 10.8 Å². The third-order valence-electron chi connectivity index (χ3n) is 8.27. The lowest BCUT2D eigenvalue weighted by molar-refractivity contribution is 0.0502. The lowest BCUT2D eigenvalue weighted by Gasteiger charge is -2.36. The maximum absolute atomic E-state index is 13.9. The van der Waals surface area contributed by atoms with Crippen LogP contribution in [0.4, 0.5) is 0 Å². The highest BCUT2D eigenvalue weighted by atomic mass is 79.9. The molecule has 0 spiro atoms. The third-order valence-corrected chi connectivity index (χ3v) is 9.52. The molecule has 2 heterocycles. The fourth-order valence-corrected chi connectivity index (χ4v) is 7.92. The zero-order valence-corrected chi connectivity index (χ0v) is 22.7. The summed E-state index contributed by atoms with van der Waals surface area (Å²) >= 11 is 7.11. The van der Waals surface area contributed by atoms with E-state index < -0.39 is 0 Å². The zero-order valence-electron chi connectivity index (χ0n) is 19.5. The molecule has 6 rings (SSSR count). The lowest BCUT2D eigenvalue weighted by atomic mass is 9.85. The number of hydrogen-bond acceptors (Lipinski definition) is 4. The molecule has 3 fully saturated rings. The van der Waals surface area contributed by atoms with Crippen LogP contribution in [0.1, 0.15) is 106 Å². The third kappa shape index (κ3) is 3.46. The number of hydrogen-bond donors (Lipinski definition) is 0. The number of imide groups is 1. The number of Topliss-reactive ketones (excluding diaryl/α,β-unsaturated/α-hetero) is 1. The van der Waals surface area contributed by atoms with E-state index in [-0.39, 0.29) is 41.6 Å². The van der Waals surface area contributed by atoms with Crippen LogP contribution in [0.5, 0.6) is 0 Å². The second-order valence-electron chi connectivity index (χ2n) is 10.3. The summed E-state index contributed by atoms with van der Waals surface area (Å²) in [6.45, 7) is 1.45. The van der Waals surface area contributed by atoms with E-state index >= 15 is 0 Å². The summed E-state index contributed by atoms with van der Waals surface area (Å²) in [5, 5.41) is 0.835. The summed E-state index contributed by atoms with van der Waals surface area (Å²) in [5.74, 6) is -1.03. The number of nitrogens with zero attached hydrogens (tertiary/aromatic N) is 2. The Balaban J connectivity index is 1.59. The van der Waals surface area contributed by atoms with Crippen molar-refractivity contribution in [2.45, 2.75) is 82.8 Å². The fourth-order valence-electron chi connectivity index (χ4n) is 6.62. The Kier molecular flexibility index (Phi) is 5.68. The summed E-state index contributed by atoms with van der Waals surface area (Å²) in [6, 6.07) is 3.70. The Morgan fingerprint density at radius 1 is 0.771 bits per heavy atom. The smallest absolute Gasteiger partial charge is 0.261 e. The van der Waals surface area contributed by atoms with E-state index in [0.29, 0.717) is 42.0 Å². The van der Waals surface area contributed by atoms with Gasteiger partial charge < -0.3 is 4.90 Å². The molecule has 2 aromatic carbocycles. The van der Waals surface area contributed by atoms with Crippen LogP contribution in [0.3, 0.4) is 0 Å². The van der Waals surface area contributed by atoms with Crippen LogP contribution < -0.4 is 0 Å². The second kappa shape index (κ2) is 8.51. The molecule has 6 nitrogen and oxygen atoms in total. The van der Waals surface area contributed by atoms with Crippen molar-refractivity contribution in [1.82, 2.24) is 9.80 Å². The van der Waals surface area contributed by atoms with E-state index in [4.69, 9.17) is 0 Å². The van der Waals surface area contributed by atoms with Gasteiger partial charge in [-0.1, -0.05) is 32.1 Å². The molecule has 2 unspecified atom stereocenters. The Morgan fingerprint density at radius 3 is 1.83 bits per heavy atom. The van der Waals surface area contributed by atoms with Crippen LogP contribution in [0.15, 0.2) is 21.1 Å². The van der Waals surface area contributed by atoms with Gasteiger partial charge in [0.15, 0.2) is 5.78 Å². The van der Waals surface area contributed by atoms with E-state index in [9.17, 15) is 19.2 Å². The molecule has 2 aromatic rings. The monoisotopic (exact) mass is 600 g/mol. The zero-order chi connectivity index (χ0) is 24.6. The molecule has 2 saturated carbocycles. The van der Waals surface area contributed by atoms with Gasteiger partial charge in [0.1, 0.15) is 0 Å². The quantitative estimate of drug-likeness (QED) is 0.236. The highest BCUT2D eigenvalue weighted by molar-refractivity contribution is 9.10. The molecule has 0 aromatic heterocycles. The fraction of sp³-hybridized carbons (Fsp3) is 0.481. The molecule has 0 radical (unpaired) electrons. The molecule has 2 atom stereocenters. The molecule has 182 valence electrons. The molecule has 3 amide bonds. The first-order chi connectivity index (χ1) is 16.8. The maximum atomic E-state index is 13.9. The number of carbonyl (C=O) groups is 4. The number of likely N-dealkylation sites (tertiary alicyclic amines) is 1. The summed E-state index contributed by atoms with van der Waals surface area (Å²) < 4.78 is 0.964. The van der Waals surface area contributed by atoms with Crippen LogP contribution >= 0.6 is 31.9 Å². The summed E-state index contributed by atoms with van der Waals surface area (Å²) in [7, 11) is 0. The minimum atomic E-state index is -0.337. The average molecular weight is 602 g/mol. The summed E-state index contributed by atoms with van der Waals surface area (Å²) in [4.78, 5) is 57.6. The summed E-state index contributed by atoms with van der Waals surface area (Å²) in [6.07, 6.45) is 8.91. The number of rotatable bonds is 3. The van der Waals surface area contributed by atoms with Crippen molar-refractivity contribution < 1.29 is 19.2 Å². The highest BCUT2D eigenvalue weighted by Gasteiger charge is 2.52. The van der Waals surface area contributed by atoms with Gasteiger partial charge >= 0.3 is 0 Å². The largest absolute Gasteiger partial charge is 0.328 e. The minimum absolute atomic E-state index is 0.126. The molecule has 4 aliphatic rings. The van der Waals surface area contributed by atoms with Gasteiger partial charge in [-0.2, -0.15) is 0 Å². The topological polar surface area (TPSA) is 74.5 Å². The van der Waals surface area contributed by atoms with E-state index in [1.165, 1.54) is 11.8 Å². The Bertz CT molecular complexity index is 1300. The van der Waals surface area contributed by atoms with Crippen molar-refractivity contribution in [2.24, 2.45) is 0 Å². The van der Waals surface area contributed by atoms with Crippen LogP contribution in [0, 0.1) is 0 Å². The SMILES string of the molecule is CC(=O)c1c(Br)cc2c3c(cc(Br)c(C(=O)N4C5CCCCC54)c13)C(=O)N(C1CCCCC1)C2=O. The predicted octanol–water partition coefficient (Wildman–Crippen LogP) is 6.26. The van der Waals surface area contributed by atoms with Crippen molar-refractivity contribution in [3.05, 3.63) is 43.3 Å². The first-order valence-electron chi connectivity index (χ1n) is 12.5.